The van der Waals surface area contributed by atoms with E-state index in [9.17, 15) is 18.0 Å². The second kappa shape index (κ2) is 13.0. The fourth-order valence-electron chi connectivity index (χ4n) is 4.27. The maximum atomic E-state index is 14.0. The molecule has 1 atom stereocenters. The molecular formula is C29H34ClN3O5S. The van der Waals surface area contributed by atoms with Crippen LogP contribution in [0.1, 0.15) is 30.0 Å². The van der Waals surface area contributed by atoms with Crippen LogP contribution in [0.5, 0.6) is 5.75 Å². The first-order valence-electron chi connectivity index (χ1n) is 12.5. The van der Waals surface area contributed by atoms with Crippen LogP contribution in [0, 0.1) is 13.8 Å². The molecule has 0 aliphatic rings. The van der Waals surface area contributed by atoms with Gasteiger partial charge in [-0.3, -0.25) is 13.9 Å². The largest absolute Gasteiger partial charge is 0.495 e. The van der Waals surface area contributed by atoms with Crippen LogP contribution in [0.4, 0.5) is 5.69 Å². The summed E-state index contributed by atoms with van der Waals surface area (Å²) in [5.74, 6) is -0.500. The maximum absolute atomic E-state index is 14.0. The van der Waals surface area contributed by atoms with E-state index < -0.39 is 28.5 Å². The summed E-state index contributed by atoms with van der Waals surface area (Å²) in [4.78, 5) is 28.2. The highest BCUT2D eigenvalue weighted by Gasteiger charge is 2.33. The highest BCUT2D eigenvalue weighted by Crippen LogP contribution is 2.32. The summed E-state index contributed by atoms with van der Waals surface area (Å²) in [6, 6.07) is 17.7. The van der Waals surface area contributed by atoms with Crippen LogP contribution in [-0.4, -0.2) is 51.9 Å². The molecule has 0 aliphatic carbocycles. The van der Waals surface area contributed by atoms with Crippen molar-refractivity contribution in [2.24, 2.45) is 0 Å². The van der Waals surface area contributed by atoms with Gasteiger partial charge in [0, 0.05) is 13.6 Å². The second-order valence-electron chi connectivity index (χ2n) is 9.19. The molecule has 1 unspecified atom stereocenters. The van der Waals surface area contributed by atoms with E-state index in [1.807, 2.05) is 38.1 Å². The summed E-state index contributed by atoms with van der Waals surface area (Å²) in [5.41, 5.74) is 2.92. The maximum Gasteiger partial charge on any atom is 0.264 e. The van der Waals surface area contributed by atoms with Gasteiger partial charge in [-0.1, -0.05) is 66.0 Å². The number of carbonyl (C=O) groups is 2. The van der Waals surface area contributed by atoms with Gasteiger partial charge in [-0.15, -0.1) is 0 Å². The summed E-state index contributed by atoms with van der Waals surface area (Å²) < 4.78 is 34.0. The molecule has 0 fully saturated rings. The van der Waals surface area contributed by atoms with Gasteiger partial charge < -0.3 is 15.0 Å². The van der Waals surface area contributed by atoms with Crippen molar-refractivity contribution in [1.29, 1.82) is 0 Å². The van der Waals surface area contributed by atoms with Crippen LogP contribution in [-0.2, 0) is 26.2 Å². The number of sulfonamides is 1. The smallest absolute Gasteiger partial charge is 0.264 e. The Kier molecular flexibility index (Phi) is 9.99. The van der Waals surface area contributed by atoms with E-state index in [0.29, 0.717) is 12.2 Å². The predicted molar refractivity (Wildman–Crippen MR) is 154 cm³/mol. The summed E-state index contributed by atoms with van der Waals surface area (Å²) >= 11 is 6.35. The first-order valence-corrected chi connectivity index (χ1v) is 14.3. The molecule has 0 spiro atoms. The van der Waals surface area contributed by atoms with Crippen molar-refractivity contribution >= 4 is 39.1 Å². The number of nitrogens with zero attached hydrogens (tertiary/aromatic N) is 2. The number of nitrogens with one attached hydrogen (secondary N) is 1. The molecule has 2 amide bonds. The van der Waals surface area contributed by atoms with Gasteiger partial charge >= 0.3 is 0 Å². The monoisotopic (exact) mass is 571 g/mol. The Balaban J connectivity index is 2.10. The number of methoxy groups -OCH3 is 1. The number of aryl methyl sites for hydroxylation is 2. The fourth-order valence-corrected chi connectivity index (χ4v) is 5.93. The van der Waals surface area contributed by atoms with E-state index in [1.54, 1.807) is 25.1 Å². The number of amides is 2. The summed E-state index contributed by atoms with van der Waals surface area (Å²) in [6.07, 6.45) is 0.344. The van der Waals surface area contributed by atoms with E-state index in [0.717, 1.165) is 21.0 Å². The SMILES string of the molecule is CCC(C(=O)NC)N(Cc1cccc(C)c1)C(=O)CN(c1ccc(OC)c(Cl)c1)S(=O)(=O)c1ccc(C)cc1. The lowest BCUT2D eigenvalue weighted by molar-refractivity contribution is -0.140. The highest BCUT2D eigenvalue weighted by molar-refractivity contribution is 7.92. The first kappa shape index (κ1) is 30.0. The number of benzene rings is 3. The molecular weight excluding hydrogens is 538 g/mol. The Hall–Kier alpha value is -3.56. The molecule has 39 heavy (non-hydrogen) atoms. The molecule has 3 aromatic rings. The van der Waals surface area contributed by atoms with Crippen LogP contribution < -0.4 is 14.4 Å². The van der Waals surface area contributed by atoms with Crippen molar-refractivity contribution in [1.82, 2.24) is 10.2 Å². The molecule has 208 valence electrons. The van der Waals surface area contributed by atoms with Gasteiger partial charge in [0.15, 0.2) is 0 Å². The quantitative estimate of drug-likeness (QED) is 0.359. The molecule has 1 N–H and O–H groups in total. The number of hydrogen-bond donors (Lipinski definition) is 1. The van der Waals surface area contributed by atoms with Gasteiger partial charge in [0.1, 0.15) is 18.3 Å². The second-order valence-corrected chi connectivity index (χ2v) is 11.5. The zero-order valence-corrected chi connectivity index (χ0v) is 24.3. The van der Waals surface area contributed by atoms with Crippen molar-refractivity contribution in [3.63, 3.8) is 0 Å². The topological polar surface area (TPSA) is 96.0 Å². The van der Waals surface area contributed by atoms with Crippen LogP contribution in [0.15, 0.2) is 71.6 Å². The normalized spacial score (nSPS) is 11.9. The molecule has 10 heteroatoms. The Labute approximate surface area is 235 Å². The van der Waals surface area contributed by atoms with Crippen LogP contribution in [0.3, 0.4) is 0 Å². The Morgan fingerprint density at radius 3 is 2.26 bits per heavy atom. The Morgan fingerprint density at radius 1 is 1.00 bits per heavy atom. The van der Waals surface area contributed by atoms with Gasteiger partial charge in [-0.25, -0.2) is 8.42 Å². The van der Waals surface area contributed by atoms with Crippen LogP contribution in [0.25, 0.3) is 0 Å². The lowest BCUT2D eigenvalue weighted by atomic mass is 10.1. The summed E-state index contributed by atoms with van der Waals surface area (Å²) in [7, 11) is -1.22. The molecule has 0 saturated heterocycles. The third-order valence-corrected chi connectivity index (χ3v) is 8.46. The van der Waals surface area contributed by atoms with E-state index in [4.69, 9.17) is 16.3 Å². The standard InChI is InChI=1S/C29H34ClN3O5S/c1-6-26(29(35)31-4)32(18-22-9-7-8-21(3)16-22)28(34)19-33(23-12-15-27(38-5)25(30)17-23)39(36,37)24-13-10-20(2)11-14-24/h7-17,26H,6,18-19H2,1-5H3,(H,31,35). The van der Waals surface area contributed by atoms with Crippen molar-refractivity contribution < 1.29 is 22.7 Å². The molecule has 0 aliphatic heterocycles. The number of ether oxygens (including phenoxy) is 1. The van der Waals surface area contributed by atoms with Crippen molar-refractivity contribution in [3.8, 4) is 5.75 Å². The number of likely N-dealkylation sites (N-methyl/N-ethyl adjacent to an activating group) is 1. The summed E-state index contributed by atoms with van der Waals surface area (Å²) in [5, 5.41) is 2.81. The fraction of sp³-hybridized carbons (Fsp3) is 0.310. The average molecular weight is 572 g/mol. The first-order chi connectivity index (χ1) is 18.5. The van der Waals surface area contributed by atoms with Crippen molar-refractivity contribution in [2.75, 3.05) is 25.0 Å². The number of halogens is 1. The van der Waals surface area contributed by atoms with Gasteiger partial charge in [0.25, 0.3) is 10.0 Å². The third-order valence-electron chi connectivity index (χ3n) is 6.38. The van der Waals surface area contributed by atoms with Crippen LogP contribution >= 0.6 is 11.6 Å². The van der Waals surface area contributed by atoms with Gasteiger partial charge in [-0.2, -0.15) is 0 Å². The Bertz CT molecular complexity index is 1430. The number of hydrogen-bond acceptors (Lipinski definition) is 5. The number of carbonyl (C=O) groups excluding carboxylic acids is 2. The number of anilines is 1. The van der Waals surface area contributed by atoms with Crippen molar-refractivity contribution in [2.45, 2.75) is 44.7 Å². The Morgan fingerprint density at radius 2 is 1.69 bits per heavy atom. The molecule has 3 aromatic carbocycles. The zero-order chi connectivity index (χ0) is 28.7. The average Bonchev–Trinajstić information content (AvgIpc) is 2.91. The minimum Gasteiger partial charge on any atom is -0.495 e. The van der Waals surface area contributed by atoms with E-state index in [2.05, 4.69) is 5.32 Å². The third kappa shape index (κ3) is 7.10. The molecule has 0 heterocycles. The highest BCUT2D eigenvalue weighted by atomic mass is 35.5. The van der Waals surface area contributed by atoms with Gasteiger partial charge in [0.05, 0.1) is 22.7 Å². The van der Waals surface area contributed by atoms with E-state index in [-0.39, 0.29) is 28.1 Å². The van der Waals surface area contributed by atoms with E-state index in [1.165, 1.54) is 43.3 Å². The molecule has 0 bridgehead atoms. The minimum absolute atomic E-state index is 0.0245. The van der Waals surface area contributed by atoms with E-state index >= 15 is 0 Å². The predicted octanol–water partition coefficient (Wildman–Crippen LogP) is 4.71. The molecule has 0 saturated carbocycles. The van der Waals surface area contributed by atoms with Crippen LogP contribution in [0.2, 0.25) is 5.02 Å². The summed E-state index contributed by atoms with van der Waals surface area (Å²) in [6.45, 7) is 5.19. The molecule has 3 rings (SSSR count). The zero-order valence-electron chi connectivity index (χ0n) is 22.8. The lowest BCUT2D eigenvalue weighted by Crippen LogP contribution is -2.51. The van der Waals surface area contributed by atoms with Gasteiger partial charge in [0.2, 0.25) is 11.8 Å². The molecule has 0 radical (unpaired) electrons. The van der Waals surface area contributed by atoms with Crippen molar-refractivity contribution in [3.05, 3.63) is 88.4 Å². The molecule has 0 aromatic heterocycles. The lowest BCUT2D eigenvalue weighted by Gasteiger charge is -2.33. The number of rotatable bonds is 11. The van der Waals surface area contributed by atoms with Gasteiger partial charge in [-0.05, 0) is 56.2 Å². The molecule has 8 nitrogen and oxygen atoms in total. The minimum atomic E-state index is -4.19.